The van der Waals surface area contributed by atoms with E-state index in [0.717, 1.165) is 0 Å². The second-order valence-corrected chi connectivity index (χ2v) is 2.63. The Balaban J connectivity index is 0. The molecular formula is C10H9ClN2Pd2. The van der Waals surface area contributed by atoms with E-state index in [1.54, 1.807) is 36.9 Å². The van der Waals surface area contributed by atoms with E-state index in [0.29, 0.717) is 5.02 Å². The molecule has 0 saturated carbocycles. The van der Waals surface area contributed by atoms with Crippen LogP contribution in [0.25, 0.3) is 0 Å². The maximum atomic E-state index is 5.48. The van der Waals surface area contributed by atoms with Crippen molar-refractivity contribution in [2.45, 2.75) is 0 Å². The Morgan fingerprint density at radius 3 is 1.60 bits per heavy atom. The molecule has 0 radical (unpaired) electrons. The van der Waals surface area contributed by atoms with E-state index < -0.39 is 0 Å². The molecule has 0 bridgehead atoms. The van der Waals surface area contributed by atoms with E-state index in [-0.39, 0.29) is 40.8 Å². The van der Waals surface area contributed by atoms with Crippen molar-refractivity contribution in [3.05, 3.63) is 60.1 Å². The summed E-state index contributed by atoms with van der Waals surface area (Å²) in [6.45, 7) is 0. The van der Waals surface area contributed by atoms with Gasteiger partial charge in [-0.3, -0.25) is 9.97 Å². The summed E-state index contributed by atoms with van der Waals surface area (Å²) < 4.78 is 0. The van der Waals surface area contributed by atoms with Gasteiger partial charge in [0.05, 0.1) is 5.02 Å². The standard InChI is InChI=1S/C5H4ClN.C5H5N.2Pd/c6-5-2-1-3-7-4-5;1-2-4-6-5-3-1;;/h1-4H;1-5H;;. The van der Waals surface area contributed by atoms with Crippen LogP contribution < -0.4 is 0 Å². The van der Waals surface area contributed by atoms with E-state index in [1.807, 2.05) is 18.2 Å². The molecule has 15 heavy (non-hydrogen) atoms. The van der Waals surface area contributed by atoms with Crippen LogP contribution >= 0.6 is 11.6 Å². The number of halogens is 1. The quantitative estimate of drug-likeness (QED) is 0.630. The molecule has 0 unspecified atom stereocenters. The van der Waals surface area contributed by atoms with Crippen molar-refractivity contribution in [3.8, 4) is 0 Å². The number of hydrogen-bond acceptors (Lipinski definition) is 2. The van der Waals surface area contributed by atoms with Gasteiger partial charge in [0.2, 0.25) is 0 Å². The second-order valence-electron chi connectivity index (χ2n) is 2.20. The molecule has 2 heterocycles. The molecule has 2 aromatic heterocycles. The van der Waals surface area contributed by atoms with E-state index >= 15 is 0 Å². The van der Waals surface area contributed by atoms with Crippen LogP contribution in [0.1, 0.15) is 0 Å². The summed E-state index contributed by atoms with van der Waals surface area (Å²) in [5.74, 6) is 0. The summed E-state index contributed by atoms with van der Waals surface area (Å²) in [7, 11) is 0. The molecule has 0 amide bonds. The topological polar surface area (TPSA) is 25.8 Å². The zero-order chi connectivity index (χ0) is 9.36. The maximum Gasteiger partial charge on any atom is 0.0589 e. The molecule has 86 valence electrons. The van der Waals surface area contributed by atoms with Gasteiger partial charge >= 0.3 is 0 Å². The van der Waals surface area contributed by atoms with Gasteiger partial charge in [-0.05, 0) is 24.3 Å². The Morgan fingerprint density at radius 1 is 0.800 bits per heavy atom. The largest absolute Gasteiger partial charge is 0.265 e. The zero-order valence-corrected chi connectivity index (χ0v) is 11.5. The fourth-order valence-corrected chi connectivity index (χ4v) is 0.784. The van der Waals surface area contributed by atoms with Gasteiger partial charge in [0.1, 0.15) is 0 Å². The molecule has 2 rings (SSSR count). The smallest absolute Gasteiger partial charge is 0.0589 e. The molecule has 0 aliphatic heterocycles. The van der Waals surface area contributed by atoms with Gasteiger partial charge in [0, 0.05) is 65.6 Å². The minimum absolute atomic E-state index is 0. The minimum atomic E-state index is 0. The van der Waals surface area contributed by atoms with Crippen molar-refractivity contribution >= 4 is 11.6 Å². The van der Waals surface area contributed by atoms with Gasteiger partial charge in [-0.1, -0.05) is 17.7 Å². The average molecular weight is 405 g/mol. The Bertz CT molecular complexity index is 292. The maximum absolute atomic E-state index is 5.48. The molecule has 0 aliphatic rings. The Labute approximate surface area is 122 Å². The summed E-state index contributed by atoms with van der Waals surface area (Å²) in [6.07, 6.45) is 6.79. The Kier molecular flexibility index (Phi) is 13.8. The van der Waals surface area contributed by atoms with E-state index in [9.17, 15) is 0 Å². The van der Waals surface area contributed by atoms with E-state index in [1.165, 1.54) is 0 Å². The number of aromatic nitrogens is 2. The van der Waals surface area contributed by atoms with Crippen LogP contribution in [-0.2, 0) is 40.8 Å². The summed E-state index contributed by atoms with van der Waals surface area (Å²) >= 11 is 5.48. The second kappa shape index (κ2) is 12.0. The molecule has 0 aliphatic carbocycles. The van der Waals surface area contributed by atoms with Gasteiger partial charge in [-0.2, -0.15) is 0 Å². The number of hydrogen-bond donors (Lipinski definition) is 0. The fourth-order valence-electron chi connectivity index (χ4n) is 0.655. The monoisotopic (exact) mass is 404 g/mol. The van der Waals surface area contributed by atoms with Crippen molar-refractivity contribution in [3.63, 3.8) is 0 Å². The zero-order valence-electron chi connectivity index (χ0n) is 7.60. The van der Waals surface area contributed by atoms with Crippen LogP contribution in [0.4, 0.5) is 0 Å². The van der Waals surface area contributed by atoms with Crippen molar-refractivity contribution in [2.24, 2.45) is 0 Å². The third-order valence-electron chi connectivity index (χ3n) is 1.19. The molecule has 0 N–H and O–H groups in total. The Hall–Kier alpha value is -0.0853. The predicted molar refractivity (Wildman–Crippen MR) is 53.5 cm³/mol. The molecule has 2 nitrogen and oxygen atoms in total. The first-order chi connectivity index (χ1) is 6.39. The summed E-state index contributed by atoms with van der Waals surface area (Å²) in [4.78, 5) is 7.54. The van der Waals surface area contributed by atoms with Crippen LogP contribution in [-0.4, -0.2) is 9.97 Å². The van der Waals surface area contributed by atoms with Crippen molar-refractivity contribution in [1.29, 1.82) is 0 Å². The summed E-state index contributed by atoms with van der Waals surface area (Å²) in [6, 6.07) is 9.30. The molecule has 0 saturated heterocycles. The molecule has 0 aromatic carbocycles. The van der Waals surface area contributed by atoms with Crippen LogP contribution in [0.15, 0.2) is 55.1 Å². The van der Waals surface area contributed by atoms with Crippen molar-refractivity contribution < 1.29 is 40.8 Å². The normalized spacial score (nSPS) is 7.27. The first-order valence-electron chi connectivity index (χ1n) is 3.80. The van der Waals surface area contributed by atoms with Crippen molar-refractivity contribution in [1.82, 2.24) is 9.97 Å². The predicted octanol–water partition coefficient (Wildman–Crippen LogP) is 2.81. The first-order valence-corrected chi connectivity index (χ1v) is 4.18. The number of rotatable bonds is 0. The summed E-state index contributed by atoms with van der Waals surface area (Å²) in [5, 5.41) is 0.683. The van der Waals surface area contributed by atoms with Crippen LogP contribution in [0.2, 0.25) is 5.02 Å². The van der Waals surface area contributed by atoms with Gasteiger partial charge < -0.3 is 0 Å². The Morgan fingerprint density at radius 2 is 1.40 bits per heavy atom. The number of nitrogens with zero attached hydrogens (tertiary/aromatic N) is 2. The van der Waals surface area contributed by atoms with E-state index in [4.69, 9.17) is 11.6 Å². The van der Waals surface area contributed by atoms with Crippen LogP contribution in [0.5, 0.6) is 0 Å². The van der Waals surface area contributed by atoms with Gasteiger partial charge in [0.15, 0.2) is 0 Å². The molecule has 2 aromatic rings. The SMILES string of the molecule is Clc1cccnc1.[Pd].[Pd].c1ccncc1. The minimum Gasteiger partial charge on any atom is -0.265 e. The van der Waals surface area contributed by atoms with Crippen LogP contribution in [0, 0.1) is 0 Å². The summed E-state index contributed by atoms with van der Waals surface area (Å²) in [5.41, 5.74) is 0. The van der Waals surface area contributed by atoms with Gasteiger partial charge in [0.25, 0.3) is 0 Å². The molecule has 0 atom stereocenters. The first kappa shape index (κ1) is 17.3. The van der Waals surface area contributed by atoms with Gasteiger partial charge in [-0.25, -0.2) is 0 Å². The fraction of sp³-hybridized carbons (Fsp3) is 0. The average Bonchev–Trinajstić information content (AvgIpc) is 2.22. The van der Waals surface area contributed by atoms with Crippen molar-refractivity contribution in [2.75, 3.05) is 0 Å². The van der Waals surface area contributed by atoms with Gasteiger partial charge in [-0.15, -0.1) is 0 Å². The molecule has 0 spiro atoms. The van der Waals surface area contributed by atoms with E-state index in [2.05, 4.69) is 9.97 Å². The van der Waals surface area contributed by atoms with Crippen LogP contribution in [0.3, 0.4) is 0 Å². The third-order valence-corrected chi connectivity index (χ3v) is 1.42. The molecular weight excluding hydrogens is 396 g/mol. The molecule has 5 heteroatoms. The third kappa shape index (κ3) is 10.2. The number of pyridine rings is 2. The molecule has 0 fully saturated rings.